The molecule has 0 aliphatic heterocycles. The summed E-state index contributed by atoms with van der Waals surface area (Å²) in [7, 11) is 0. The summed E-state index contributed by atoms with van der Waals surface area (Å²) < 4.78 is 26.7. The molecule has 27 heavy (non-hydrogen) atoms. The van der Waals surface area contributed by atoms with Crippen LogP contribution in [0.25, 0.3) is 22.3 Å². The second-order valence-electron chi connectivity index (χ2n) is 5.80. The van der Waals surface area contributed by atoms with Gasteiger partial charge in [-0.3, -0.25) is 0 Å². The van der Waals surface area contributed by atoms with Crippen LogP contribution in [0.15, 0.2) is 60.7 Å². The summed E-state index contributed by atoms with van der Waals surface area (Å²) >= 11 is 12.1. The summed E-state index contributed by atoms with van der Waals surface area (Å²) in [6.45, 7) is 0. The third kappa shape index (κ3) is 3.56. The molecule has 3 aromatic carbocycles. The number of fused-ring (bicyclic) bond motifs is 1. The number of hydrogen-bond donors (Lipinski definition) is 1. The first-order valence-corrected chi connectivity index (χ1v) is 8.71. The van der Waals surface area contributed by atoms with Crippen LogP contribution in [0.5, 0.6) is 0 Å². The molecular formula is C20H11Cl2F2N3. The number of para-hydroxylation sites is 1. The molecule has 0 aliphatic carbocycles. The fourth-order valence-electron chi connectivity index (χ4n) is 2.65. The zero-order valence-corrected chi connectivity index (χ0v) is 15.2. The SMILES string of the molecule is Fc1ccc(Nc2nc(-c3ccc(Cl)c(Cl)c3)nc3ccccc23)cc1F. The third-order valence-corrected chi connectivity index (χ3v) is 4.70. The van der Waals surface area contributed by atoms with E-state index in [1.807, 2.05) is 24.3 Å². The van der Waals surface area contributed by atoms with Gasteiger partial charge in [0.2, 0.25) is 0 Å². The lowest BCUT2D eigenvalue weighted by Gasteiger charge is -2.11. The van der Waals surface area contributed by atoms with Crippen LogP contribution in [0.4, 0.5) is 20.3 Å². The maximum absolute atomic E-state index is 13.5. The van der Waals surface area contributed by atoms with Crippen molar-refractivity contribution < 1.29 is 8.78 Å². The van der Waals surface area contributed by atoms with Gasteiger partial charge in [-0.1, -0.05) is 35.3 Å². The van der Waals surface area contributed by atoms with E-state index in [1.165, 1.54) is 6.07 Å². The van der Waals surface area contributed by atoms with E-state index in [0.717, 1.165) is 17.5 Å². The van der Waals surface area contributed by atoms with Crippen molar-refractivity contribution in [3.8, 4) is 11.4 Å². The van der Waals surface area contributed by atoms with Gasteiger partial charge in [-0.25, -0.2) is 18.7 Å². The van der Waals surface area contributed by atoms with E-state index in [1.54, 1.807) is 18.2 Å². The molecule has 0 radical (unpaired) electrons. The van der Waals surface area contributed by atoms with Crippen molar-refractivity contribution in [2.24, 2.45) is 0 Å². The second-order valence-corrected chi connectivity index (χ2v) is 6.61. The van der Waals surface area contributed by atoms with Crippen molar-refractivity contribution in [2.45, 2.75) is 0 Å². The third-order valence-electron chi connectivity index (χ3n) is 3.96. The average molecular weight is 402 g/mol. The Hall–Kier alpha value is -2.76. The van der Waals surface area contributed by atoms with Gasteiger partial charge >= 0.3 is 0 Å². The fraction of sp³-hybridized carbons (Fsp3) is 0. The lowest BCUT2D eigenvalue weighted by Crippen LogP contribution is -2.00. The summed E-state index contributed by atoms with van der Waals surface area (Å²) in [6, 6.07) is 16.1. The van der Waals surface area contributed by atoms with Gasteiger partial charge in [0.25, 0.3) is 0 Å². The molecule has 0 unspecified atom stereocenters. The maximum Gasteiger partial charge on any atom is 0.162 e. The van der Waals surface area contributed by atoms with E-state index in [9.17, 15) is 8.78 Å². The molecule has 134 valence electrons. The highest BCUT2D eigenvalue weighted by Gasteiger charge is 2.12. The number of nitrogens with one attached hydrogen (secondary N) is 1. The minimum atomic E-state index is -0.942. The maximum atomic E-state index is 13.5. The molecule has 4 aromatic rings. The first kappa shape index (κ1) is 17.6. The molecule has 1 N–H and O–H groups in total. The van der Waals surface area contributed by atoms with Crippen LogP contribution in [0, 0.1) is 11.6 Å². The van der Waals surface area contributed by atoms with Crippen molar-refractivity contribution in [3.05, 3.63) is 82.3 Å². The van der Waals surface area contributed by atoms with Crippen LogP contribution in [0.3, 0.4) is 0 Å². The van der Waals surface area contributed by atoms with Crippen molar-refractivity contribution in [3.63, 3.8) is 0 Å². The van der Waals surface area contributed by atoms with Crippen molar-refractivity contribution in [1.29, 1.82) is 0 Å². The highest BCUT2D eigenvalue weighted by atomic mass is 35.5. The van der Waals surface area contributed by atoms with E-state index in [2.05, 4.69) is 15.3 Å². The van der Waals surface area contributed by atoms with Gasteiger partial charge in [-0.15, -0.1) is 0 Å². The molecule has 4 rings (SSSR count). The monoisotopic (exact) mass is 401 g/mol. The number of benzene rings is 3. The molecule has 0 bridgehead atoms. The lowest BCUT2D eigenvalue weighted by atomic mass is 10.1. The number of hydrogen-bond acceptors (Lipinski definition) is 3. The molecule has 0 aliphatic rings. The van der Waals surface area contributed by atoms with Gasteiger partial charge in [0, 0.05) is 22.7 Å². The Bertz CT molecular complexity index is 1170. The van der Waals surface area contributed by atoms with Gasteiger partial charge in [0.1, 0.15) is 5.82 Å². The van der Waals surface area contributed by atoms with Gasteiger partial charge in [0.05, 0.1) is 15.6 Å². The van der Waals surface area contributed by atoms with Gasteiger partial charge in [0.15, 0.2) is 17.5 Å². The van der Waals surface area contributed by atoms with Crippen molar-refractivity contribution >= 4 is 45.6 Å². The Morgan fingerprint density at radius 3 is 2.37 bits per heavy atom. The Morgan fingerprint density at radius 1 is 0.778 bits per heavy atom. The standard InChI is InChI=1S/C20H11Cl2F2N3/c21-14-7-5-11(9-15(14)22)19-26-18-4-2-1-3-13(18)20(27-19)25-12-6-8-16(23)17(24)10-12/h1-10H,(H,25,26,27). The molecule has 0 fully saturated rings. The quantitative estimate of drug-likeness (QED) is 0.418. The number of rotatable bonds is 3. The number of anilines is 2. The molecule has 0 amide bonds. The average Bonchev–Trinajstić information content (AvgIpc) is 2.67. The minimum Gasteiger partial charge on any atom is -0.340 e. The van der Waals surface area contributed by atoms with E-state index in [4.69, 9.17) is 23.2 Å². The molecule has 7 heteroatoms. The largest absolute Gasteiger partial charge is 0.340 e. The molecular weight excluding hydrogens is 391 g/mol. The second kappa shape index (κ2) is 7.10. The first-order chi connectivity index (χ1) is 13.0. The van der Waals surface area contributed by atoms with Gasteiger partial charge < -0.3 is 5.32 Å². The number of nitrogens with zero attached hydrogens (tertiary/aromatic N) is 2. The summed E-state index contributed by atoms with van der Waals surface area (Å²) in [6.07, 6.45) is 0. The van der Waals surface area contributed by atoms with Crippen LogP contribution >= 0.6 is 23.2 Å². The summed E-state index contributed by atoms with van der Waals surface area (Å²) in [5, 5.41) is 4.60. The minimum absolute atomic E-state index is 0.373. The molecule has 0 spiro atoms. The van der Waals surface area contributed by atoms with Crippen LogP contribution in [-0.2, 0) is 0 Å². The molecule has 0 atom stereocenters. The molecule has 1 heterocycles. The molecule has 1 aromatic heterocycles. The topological polar surface area (TPSA) is 37.8 Å². The highest BCUT2D eigenvalue weighted by molar-refractivity contribution is 6.42. The highest BCUT2D eigenvalue weighted by Crippen LogP contribution is 2.31. The summed E-state index contributed by atoms with van der Waals surface area (Å²) in [5.74, 6) is -0.960. The van der Waals surface area contributed by atoms with E-state index in [-0.39, 0.29) is 0 Å². The van der Waals surface area contributed by atoms with Gasteiger partial charge in [-0.2, -0.15) is 0 Å². The smallest absolute Gasteiger partial charge is 0.162 e. The van der Waals surface area contributed by atoms with E-state index in [0.29, 0.717) is 38.5 Å². The van der Waals surface area contributed by atoms with Crippen molar-refractivity contribution in [2.75, 3.05) is 5.32 Å². The van der Waals surface area contributed by atoms with Gasteiger partial charge in [-0.05, 0) is 42.5 Å². The van der Waals surface area contributed by atoms with Crippen molar-refractivity contribution in [1.82, 2.24) is 9.97 Å². The molecule has 3 nitrogen and oxygen atoms in total. The fourth-order valence-corrected chi connectivity index (χ4v) is 2.94. The molecule has 0 saturated carbocycles. The Balaban J connectivity index is 1.85. The van der Waals surface area contributed by atoms with E-state index < -0.39 is 11.6 Å². The lowest BCUT2D eigenvalue weighted by molar-refractivity contribution is 0.509. The first-order valence-electron chi connectivity index (χ1n) is 7.95. The normalized spacial score (nSPS) is 11.0. The van der Waals surface area contributed by atoms with Crippen LogP contribution in [0.2, 0.25) is 10.0 Å². The Morgan fingerprint density at radius 2 is 1.59 bits per heavy atom. The predicted molar refractivity (Wildman–Crippen MR) is 105 cm³/mol. The predicted octanol–water partition coefficient (Wildman–Crippen LogP) is 6.63. The van der Waals surface area contributed by atoms with Crippen LogP contribution < -0.4 is 5.32 Å². The molecule has 0 saturated heterocycles. The van der Waals surface area contributed by atoms with Crippen LogP contribution in [0.1, 0.15) is 0 Å². The number of halogens is 4. The summed E-state index contributed by atoms with van der Waals surface area (Å²) in [4.78, 5) is 9.11. The summed E-state index contributed by atoms with van der Waals surface area (Å²) in [5.41, 5.74) is 1.75. The Labute approximate surface area is 163 Å². The van der Waals surface area contributed by atoms with E-state index >= 15 is 0 Å². The Kier molecular flexibility index (Phi) is 4.64. The zero-order chi connectivity index (χ0) is 19.0. The zero-order valence-electron chi connectivity index (χ0n) is 13.7. The number of aromatic nitrogens is 2. The van der Waals surface area contributed by atoms with Crippen LogP contribution in [-0.4, -0.2) is 9.97 Å².